The van der Waals surface area contributed by atoms with E-state index >= 15 is 0 Å². The van der Waals surface area contributed by atoms with Crippen molar-refractivity contribution in [1.29, 1.82) is 5.26 Å². The molecule has 4 nitrogen and oxygen atoms in total. The average molecular weight is 282 g/mol. The maximum atomic E-state index is 11.5. The molecule has 16 heavy (non-hydrogen) atoms. The predicted octanol–water partition coefficient (Wildman–Crippen LogP) is 2.00. The van der Waals surface area contributed by atoms with Crippen LogP contribution >= 0.6 is 15.9 Å². The predicted molar refractivity (Wildman–Crippen MR) is 65.8 cm³/mol. The molecule has 84 valence electrons. The quantitative estimate of drug-likeness (QED) is 0.889. The Morgan fingerprint density at radius 2 is 2.38 bits per heavy atom. The highest BCUT2D eigenvalue weighted by atomic mass is 79.9. The summed E-state index contributed by atoms with van der Waals surface area (Å²) in [6.45, 7) is 1.83. The molecule has 0 aliphatic carbocycles. The topological polar surface area (TPSA) is 78.9 Å². The molecule has 0 heterocycles. The fourth-order valence-electron chi connectivity index (χ4n) is 1.13. The number of rotatable bonds is 3. The van der Waals surface area contributed by atoms with E-state index in [0.29, 0.717) is 17.7 Å². The molecule has 0 radical (unpaired) electrons. The van der Waals surface area contributed by atoms with E-state index < -0.39 is 6.04 Å². The Morgan fingerprint density at radius 3 is 2.94 bits per heavy atom. The summed E-state index contributed by atoms with van der Waals surface area (Å²) in [4.78, 5) is 11.5. The molecular formula is C11H12BrN3O. The van der Waals surface area contributed by atoms with Gasteiger partial charge in [0.25, 0.3) is 0 Å². The van der Waals surface area contributed by atoms with Crippen molar-refractivity contribution < 1.29 is 4.79 Å². The average Bonchev–Trinajstić information content (AvgIpc) is 2.30. The normalized spacial score (nSPS) is 11.6. The van der Waals surface area contributed by atoms with Crippen LogP contribution in [0.4, 0.5) is 5.69 Å². The van der Waals surface area contributed by atoms with Crippen molar-refractivity contribution in [2.24, 2.45) is 5.73 Å². The fourth-order valence-corrected chi connectivity index (χ4v) is 1.49. The first kappa shape index (κ1) is 12.7. The minimum Gasteiger partial charge on any atom is -0.324 e. The van der Waals surface area contributed by atoms with E-state index in [0.717, 1.165) is 4.47 Å². The second kappa shape index (κ2) is 5.64. The number of hydrogen-bond acceptors (Lipinski definition) is 3. The molecule has 0 spiro atoms. The molecule has 0 fully saturated rings. The number of carbonyl (C=O) groups excluding carboxylic acids is 1. The summed E-state index contributed by atoms with van der Waals surface area (Å²) in [7, 11) is 0. The van der Waals surface area contributed by atoms with E-state index in [-0.39, 0.29) is 5.91 Å². The third-order valence-electron chi connectivity index (χ3n) is 2.14. The zero-order valence-electron chi connectivity index (χ0n) is 8.83. The van der Waals surface area contributed by atoms with Gasteiger partial charge in [0.1, 0.15) is 6.07 Å². The second-order valence-electron chi connectivity index (χ2n) is 3.31. The number of nitrogens with two attached hydrogens (primary N) is 1. The van der Waals surface area contributed by atoms with Gasteiger partial charge in [-0.05, 0) is 24.6 Å². The second-order valence-corrected chi connectivity index (χ2v) is 4.22. The lowest BCUT2D eigenvalue weighted by atomic mass is 10.1. The maximum absolute atomic E-state index is 11.5. The van der Waals surface area contributed by atoms with Gasteiger partial charge in [-0.2, -0.15) is 5.26 Å². The lowest BCUT2D eigenvalue weighted by molar-refractivity contribution is -0.117. The zero-order chi connectivity index (χ0) is 12.1. The molecule has 1 aromatic carbocycles. The van der Waals surface area contributed by atoms with E-state index in [2.05, 4.69) is 21.2 Å². The number of nitriles is 1. The van der Waals surface area contributed by atoms with E-state index in [1.807, 2.05) is 13.0 Å². The first-order chi connectivity index (χ1) is 7.58. The van der Waals surface area contributed by atoms with Crippen molar-refractivity contribution in [2.75, 3.05) is 5.32 Å². The number of carbonyl (C=O) groups is 1. The fraction of sp³-hybridized carbons (Fsp3) is 0.273. The molecule has 0 saturated heterocycles. The number of nitrogens with one attached hydrogen (secondary N) is 1. The van der Waals surface area contributed by atoms with Gasteiger partial charge in [-0.3, -0.25) is 4.79 Å². The Bertz CT molecular complexity index is 439. The lowest BCUT2D eigenvalue weighted by Gasteiger charge is -2.11. The van der Waals surface area contributed by atoms with Gasteiger partial charge in [-0.15, -0.1) is 0 Å². The number of halogens is 1. The molecule has 0 saturated carbocycles. The largest absolute Gasteiger partial charge is 0.324 e. The van der Waals surface area contributed by atoms with Crippen LogP contribution in [-0.2, 0) is 4.79 Å². The van der Waals surface area contributed by atoms with Crippen LogP contribution in [0.15, 0.2) is 22.7 Å². The third kappa shape index (κ3) is 3.05. The van der Waals surface area contributed by atoms with E-state index in [1.165, 1.54) is 0 Å². The van der Waals surface area contributed by atoms with E-state index in [9.17, 15) is 4.79 Å². The molecule has 0 aliphatic rings. The summed E-state index contributed by atoms with van der Waals surface area (Å²) in [5, 5.41) is 11.5. The Morgan fingerprint density at radius 1 is 1.69 bits per heavy atom. The standard InChI is InChI=1S/C11H12BrN3O/c1-2-9(14)11(16)15-10-4-3-8(12)5-7(10)6-13/h3-5,9H,2,14H2,1H3,(H,15,16). The van der Waals surface area contributed by atoms with Gasteiger partial charge >= 0.3 is 0 Å². The van der Waals surface area contributed by atoms with Crippen molar-refractivity contribution >= 4 is 27.5 Å². The summed E-state index contributed by atoms with van der Waals surface area (Å²) in [6, 6.07) is 6.54. The van der Waals surface area contributed by atoms with Gasteiger partial charge < -0.3 is 11.1 Å². The summed E-state index contributed by atoms with van der Waals surface area (Å²) in [5.74, 6) is -0.277. The van der Waals surface area contributed by atoms with Crippen LogP contribution < -0.4 is 11.1 Å². The van der Waals surface area contributed by atoms with Crippen LogP contribution in [0.5, 0.6) is 0 Å². The van der Waals surface area contributed by atoms with Crippen LogP contribution in [0.3, 0.4) is 0 Å². The molecule has 0 aliphatic heterocycles. The van der Waals surface area contributed by atoms with Crippen molar-refractivity contribution in [1.82, 2.24) is 0 Å². The van der Waals surface area contributed by atoms with Gasteiger partial charge in [0.2, 0.25) is 5.91 Å². The minimum atomic E-state index is -0.546. The van der Waals surface area contributed by atoms with Gasteiger partial charge in [0.15, 0.2) is 0 Å². The monoisotopic (exact) mass is 281 g/mol. The van der Waals surface area contributed by atoms with Gasteiger partial charge in [-0.25, -0.2) is 0 Å². The van der Waals surface area contributed by atoms with E-state index in [4.69, 9.17) is 11.0 Å². The number of nitrogens with zero attached hydrogens (tertiary/aromatic N) is 1. The summed E-state index contributed by atoms with van der Waals surface area (Å²) in [5.41, 5.74) is 6.48. The first-order valence-corrected chi connectivity index (χ1v) is 5.64. The van der Waals surface area contributed by atoms with Gasteiger partial charge in [0, 0.05) is 4.47 Å². The first-order valence-electron chi connectivity index (χ1n) is 4.84. The van der Waals surface area contributed by atoms with Crippen LogP contribution in [0.2, 0.25) is 0 Å². The molecule has 1 amide bonds. The molecular weight excluding hydrogens is 270 g/mol. The number of hydrogen-bond donors (Lipinski definition) is 2. The molecule has 1 atom stereocenters. The highest BCUT2D eigenvalue weighted by Crippen LogP contribution is 2.20. The van der Waals surface area contributed by atoms with Crippen LogP contribution in [0.25, 0.3) is 0 Å². The van der Waals surface area contributed by atoms with Crippen LogP contribution in [0.1, 0.15) is 18.9 Å². The van der Waals surface area contributed by atoms with Gasteiger partial charge in [-0.1, -0.05) is 22.9 Å². The molecule has 1 aromatic rings. The zero-order valence-corrected chi connectivity index (χ0v) is 10.4. The Hall–Kier alpha value is -1.38. The highest BCUT2D eigenvalue weighted by molar-refractivity contribution is 9.10. The Kier molecular flexibility index (Phi) is 4.47. The molecule has 0 aromatic heterocycles. The number of benzene rings is 1. The number of anilines is 1. The molecule has 1 rings (SSSR count). The van der Waals surface area contributed by atoms with Crippen molar-refractivity contribution in [2.45, 2.75) is 19.4 Å². The third-order valence-corrected chi connectivity index (χ3v) is 2.63. The molecule has 3 N–H and O–H groups in total. The summed E-state index contributed by atoms with van der Waals surface area (Å²) in [6.07, 6.45) is 0.560. The smallest absolute Gasteiger partial charge is 0.241 e. The van der Waals surface area contributed by atoms with Crippen LogP contribution in [-0.4, -0.2) is 11.9 Å². The lowest BCUT2D eigenvalue weighted by Crippen LogP contribution is -2.35. The van der Waals surface area contributed by atoms with E-state index in [1.54, 1.807) is 18.2 Å². The molecule has 1 unspecified atom stereocenters. The molecule has 5 heteroatoms. The van der Waals surface area contributed by atoms with Crippen molar-refractivity contribution in [3.05, 3.63) is 28.2 Å². The molecule has 0 bridgehead atoms. The SMILES string of the molecule is CCC(N)C(=O)Nc1ccc(Br)cc1C#N. The van der Waals surface area contributed by atoms with Crippen molar-refractivity contribution in [3.63, 3.8) is 0 Å². The highest BCUT2D eigenvalue weighted by Gasteiger charge is 2.12. The maximum Gasteiger partial charge on any atom is 0.241 e. The summed E-state index contributed by atoms with van der Waals surface area (Å²) < 4.78 is 0.793. The Labute approximate surface area is 103 Å². The Balaban J connectivity index is 2.90. The van der Waals surface area contributed by atoms with Crippen LogP contribution in [0, 0.1) is 11.3 Å². The van der Waals surface area contributed by atoms with Crippen molar-refractivity contribution in [3.8, 4) is 6.07 Å². The summed E-state index contributed by atoms with van der Waals surface area (Å²) >= 11 is 3.26. The minimum absolute atomic E-state index is 0.277. The van der Waals surface area contributed by atoms with Gasteiger partial charge in [0.05, 0.1) is 17.3 Å². The number of amides is 1.